The maximum Gasteiger partial charge on any atom is 0.0109 e. The zero-order valence-electron chi connectivity index (χ0n) is 12.9. The molecule has 3 heteroatoms. The molecule has 0 saturated carbocycles. The van der Waals surface area contributed by atoms with E-state index in [4.69, 9.17) is 0 Å². The summed E-state index contributed by atoms with van der Waals surface area (Å²) in [5.74, 6) is 1.84. The van der Waals surface area contributed by atoms with Crippen molar-refractivity contribution in [1.29, 1.82) is 0 Å². The molecule has 0 amide bonds. The lowest BCUT2D eigenvalue weighted by Crippen LogP contribution is -2.40. The monoisotopic (exact) mass is 255 g/mol. The second-order valence-corrected chi connectivity index (χ2v) is 6.08. The van der Waals surface area contributed by atoms with E-state index in [1.54, 1.807) is 0 Å². The molecule has 1 N–H and O–H groups in total. The molecule has 1 saturated heterocycles. The van der Waals surface area contributed by atoms with Gasteiger partial charge in [-0.05, 0) is 51.4 Å². The van der Waals surface area contributed by atoms with Crippen LogP contribution in [0.2, 0.25) is 0 Å². The van der Waals surface area contributed by atoms with Crippen molar-refractivity contribution in [1.82, 2.24) is 15.1 Å². The summed E-state index contributed by atoms with van der Waals surface area (Å²) in [5.41, 5.74) is 0. The quantitative estimate of drug-likeness (QED) is 0.668. The Morgan fingerprint density at radius 2 is 1.89 bits per heavy atom. The lowest BCUT2D eigenvalue weighted by atomic mass is 9.87. The Bertz CT molecular complexity index is 198. The minimum absolute atomic E-state index is 0.870. The van der Waals surface area contributed by atoms with Crippen LogP contribution in [0.4, 0.5) is 0 Å². The van der Waals surface area contributed by atoms with Gasteiger partial charge in [-0.2, -0.15) is 0 Å². The van der Waals surface area contributed by atoms with E-state index in [0.717, 1.165) is 31.5 Å². The van der Waals surface area contributed by atoms with Gasteiger partial charge < -0.3 is 15.1 Å². The van der Waals surface area contributed by atoms with Gasteiger partial charge in [-0.15, -0.1) is 0 Å². The molecule has 0 aromatic heterocycles. The van der Waals surface area contributed by atoms with E-state index < -0.39 is 0 Å². The van der Waals surface area contributed by atoms with Gasteiger partial charge in [0.1, 0.15) is 0 Å². The van der Waals surface area contributed by atoms with Crippen LogP contribution in [0.25, 0.3) is 0 Å². The van der Waals surface area contributed by atoms with E-state index in [0.29, 0.717) is 0 Å². The van der Waals surface area contributed by atoms with Crippen molar-refractivity contribution in [2.45, 2.75) is 33.6 Å². The van der Waals surface area contributed by atoms with Crippen LogP contribution >= 0.6 is 0 Å². The first-order chi connectivity index (χ1) is 8.63. The summed E-state index contributed by atoms with van der Waals surface area (Å²) in [7, 11) is 2.23. The molecular formula is C15H33N3. The van der Waals surface area contributed by atoms with E-state index >= 15 is 0 Å². The summed E-state index contributed by atoms with van der Waals surface area (Å²) in [6.45, 7) is 15.3. The van der Waals surface area contributed by atoms with Crippen LogP contribution < -0.4 is 5.32 Å². The molecule has 108 valence electrons. The van der Waals surface area contributed by atoms with Crippen LogP contribution in [0.1, 0.15) is 33.6 Å². The number of likely N-dealkylation sites (tertiary alicyclic amines) is 1. The number of hydrogen-bond acceptors (Lipinski definition) is 3. The SMILES string of the molecule is CCNCCN(C)CCN1CCC(C(C)C)CC1. The van der Waals surface area contributed by atoms with Crippen LogP contribution in [0.15, 0.2) is 0 Å². The fourth-order valence-corrected chi connectivity index (χ4v) is 2.71. The van der Waals surface area contributed by atoms with Gasteiger partial charge in [0.25, 0.3) is 0 Å². The van der Waals surface area contributed by atoms with Crippen LogP contribution in [0.3, 0.4) is 0 Å². The van der Waals surface area contributed by atoms with E-state index in [9.17, 15) is 0 Å². The van der Waals surface area contributed by atoms with Crippen molar-refractivity contribution in [3.05, 3.63) is 0 Å². The number of rotatable bonds is 8. The molecular weight excluding hydrogens is 222 g/mol. The summed E-state index contributed by atoms with van der Waals surface area (Å²) < 4.78 is 0. The molecule has 0 spiro atoms. The minimum Gasteiger partial charge on any atom is -0.316 e. The Kier molecular flexibility index (Phi) is 7.87. The van der Waals surface area contributed by atoms with Gasteiger partial charge in [-0.1, -0.05) is 20.8 Å². The van der Waals surface area contributed by atoms with Crippen molar-refractivity contribution < 1.29 is 0 Å². The van der Waals surface area contributed by atoms with Crippen LogP contribution in [-0.2, 0) is 0 Å². The number of hydrogen-bond donors (Lipinski definition) is 1. The second-order valence-electron chi connectivity index (χ2n) is 6.08. The molecule has 0 atom stereocenters. The molecule has 18 heavy (non-hydrogen) atoms. The Labute approximate surface area is 114 Å². The second kappa shape index (κ2) is 8.89. The van der Waals surface area contributed by atoms with E-state index in [1.165, 1.54) is 39.0 Å². The molecule has 1 aliphatic heterocycles. The van der Waals surface area contributed by atoms with Gasteiger partial charge in [0.2, 0.25) is 0 Å². The van der Waals surface area contributed by atoms with Crippen LogP contribution in [-0.4, -0.2) is 62.7 Å². The van der Waals surface area contributed by atoms with E-state index in [-0.39, 0.29) is 0 Å². The predicted molar refractivity (Wildman–Crippen MR) is 80.0 cm³/mol. The first kappa shape index (κ1) is 15.9. The lowest BCUT2D eigenvalue weighted by molar-refractivity contribution is 0.144. The van der Waals surface area contributed by atoms with E-state index in [1.807, 2.05) is 0 Å². The molecule has 3 nitrogen and oxygen atoms in total. The highest BCUT2D eigenvalue weighted by Gasteiger charge is 2.21. The Morgan fingerprint density at radius 1 is 1.22 bits per heavy atom. The van der Waals surface area contributed by atoms with Gasteiger partial charge in [0.15, 0.2) is 0 Å². The average molecular weight is 255 g/mol. The van der Waals surface area contributed by atoms with Crippen molar-refractivity contribution >= 4 is 0 Å². The van der Waals surface area contributed by atoms with Gasteiger partial charge in [0, 0.05) is 26.2 Å². The normalized spacial score (nSPS) is 19.0. The highest BCUT2D eigenvalue weighted by Crippen LogP contribution is 2.23. The fourth-order valence-electron chi connectivity index (χ4n) is 2.71. The first-order valence-electron chi connectivity index (χ1n) is 7.75. The van der Waals surface area contributed by atoms with Gasteiger partial charge in [-0.3, -0.25) is 0 Å². The number of nitrogens with zero attached hydrogens (tertiary/aromatic N) is 2. The van der Waals surface area contributed by atoms with E-state index in [2.05, 4.69) is 42.9 Å². The van der Waals surface area contributed by atoms with Crippen molar-refractivity contribution in [2.75, 3.05) is 52.9 Å². The smallest absolute Gasteiger partial charge is 0.0109 e. The van der Waals surface area contributed by atoms with Crippen LogP contribution in [0, 0.1) is 11.8 Å². The Hall–Kier alpha value is -0.120. The summed E-state index contributed by atoms with van der Waals surface area (Å²) >= 11 is 0. The van der Waals surface area contributed by atoms with Gasteiger partial charge in [-0.25, -0.2) is 0 Å². The molecule has 1 heterocycles. The predicted octanol–water partition coefficient (Wildman–Crippen LogP) is 1.90. The first-order valence-corrected chi connectivity index (χ1v) is 7.75. The number of piperidine rings is 1. The zero-order chi connectivity index (χ0) is 13.4. The fraction of sp³-hybridized carbons (Fsp3) is 1.00. The van der Waals surface area contributed by atoms with Gasteiger partial charge >= 0.3 is 0 Å². The third kappa shape index (κ3) is 6.17. The highest BCUT2D eigenvalue weighted by atomic mass is 15.2. The standard InChI is InChI=1S/C15H33N3/c1-5-16-8-11-17(4)12-13-18-9-6-15(7-10-18)14(2)3/h14-16H,5-13H2,1-4H3. The maximum atomic E-state index is 3.38. The van der Waals surface area contributed by atoms with Crippen molar-refractivity contribution in [3.8, 4) is 0 Å². The molecule has 0 unspecified atom stereocenters. The number of nitrogens with one attached hydrogen (secondary N) is 1. The molecule has 0 aromatic rings. The minimum atomic E-state index is 0.870. The molecule has 1 fully saturated rings. The third-order valence-corrected chi connectivity index (χ3v) is 4.29. The topological polar surface area (TPSA) is 18.5 Å². The van der Waals surface area contributed by atoms with Crippen molar-refractivity contribution in [3.63, 3.8) is 0 Å². The molecule has 1 aliphatic rings. The molecule has 0 radical (unpaired) electrons. The van der Waals surface area contributed by atoms with Crippen molar-refractivity contribution in [2.24, 2.45) is 11.8 Å². The number of likely N-dealkylation sites (N-methyl/N-ethyl adjacent to an activating group) is 2. The lowest BCUT2D eigenvalue weighted by Gasteiger charge is -2.34. The Morgan fingerprint density at radius 3 is 2.44 bits per heavy atom. The summed E-state index contributed by atoms with van der Waals surface area (Å²) in [6.07, 6.45) is 2.80. The summed E-state index contributed by atoms with van der Waals surface area (Å²) in [6, 6.07) is 0. The molecule has 0 aliphatic carbocycles. The molecule has 0 aromatic carbocycles. The molecule has 1 rings (SSSR count). The Balaban J connectivity index is 2.06. The maximum absolute atomic E-state index is 3.38. The third-order valence-electron chi connectivity index (χ3n) is 4.29. The molecule has 0 bridgehead atoms. The summed E-state index contributed by atoms with van der Waals surface area (Å²) in [5, 5.41) is 3.38. The average Bonchev–Trinajstić information content (AvgIpc) is 2.37. The van der Waals surface area contributed by atoms with Crippen LogP contribution in [0.5, 0.6) is 0 Å². The summed E-state index contributed by atoms with van der Waals surface area (Å²) in [4.78, 5) is 5.08. The largest absolute Gasteiger partial charge is 0.316 e. The zero-order valence-corrected chi connectivity index (χ0v) is 12.9. The van der Waals surface area contributed by atoms with Gasteiger partial charge in [0.05, 0.1) is 0 Å². The highest BCUT2D eigenvalue weighted by molar-refractivity contribution is 4.74.